The van der Waals surface area contributed by atoms with Crippen LogP contribution in [-0.2, 0) is 0 Å². The van der Waals surface area contributed by atoms with Crippen molar-refractivity contribution in [2.75, 3.05) is 0 Å². The highest BCUT2D eigenvalue weighted by Gasteiger charge is 2.11. The number of nitrogens with one attached hydrogen (secondary N) is 1. The van der Waals surface area contributed by atoms with Crippen LogP contribution in [0.1, 0.15) is 20.7 Å². The number of aromatic nitrogens is 2. The normalized spacial score (nSPS) is 9.65. The van der Waals surface area contributed by atoms with Gasteiger partial charge in [0.05, 0.1) is 11.1 Å². The van der Waals surface area contributed by atoms with E-state index in [1.165, 1.54) is 12.4 Å². The average molecular weight is 227 g/mol. The fourth-order valence-electron chi connectivity index (χ4n) is 1.24. The Bertz CT molecular complexity index is 476. The van der Waals surface area contributed by atoms with E-state index in [1.54, 1.807) is 36.7 Å². The molecule has 84 valence electrons. The summed E-state index contributed by atoms with van der Waals surface area (Å²) >= 11 is 0. The summed E-state index contributed by atoms with van der Waals surface area (Å²) in [6.07, 6.45) is 5.90. The van der Waals surface area contributed by atoms with Crippen LogP contribution in [-0.4, -0.2) is 21.8 Å². The highest BCUT2D eigenvalue weighted by molar-refractivity contribution is 6.10. The molecular formula is C12H9N3O2. The van der Waals surface area contributed by atoms with Crippen molar-refractivity contribution >= 4 is 11.8 Å². The molecule has 0 aliphatic carbocycles. The Balaban J connectivity index is 2.08. The van der Waals surface area contributed by atoms with Gasteiger partial charge in [-0.1, -0.05) is 0 Å². The van der Waals surface area contributed by atoms with Crippen LogP contribution < -0.4 is 5.32 Å². The van der Waals surface area contributed by atoms with Crippen molar-refractivity contribution in [2.45, 2.75) is 0 Å². The minimum Gasteiger partial charge on any atom is -0.288 e. The highest BCUT2D eigenvalue weighted by atomic mass is 16.2. The molecule has 2 rings (SSSR count). The third kappa shape index (κ3) is 2.72. The van der Waals surface area contributed by atoms with Crippen LogP contribution in [0.2, 0.25) is 0 Å². The number of hydrogen-bond acceptors (Lipinski definition) is 4. The van der Waals surface area contributed by atoms with Gasteiger partial charge in [-0.3, -0.25) is 24.9 Å². The predicted molar refractivity (Wildman–Crippen MR) is 60.3 cm³/mol. The third-order valence-corrected chi connectivity index (χ3v) is 2.07. The first-order valence-corrected chi connectivity index (χ1v) is 4.93. The Morgan fingerprint density at radius 2 is 1.35 bits per heavy atom. The Morgan fingerprint density at radius 3 is 1.71 bits per heavy atom. The summed E-state index contributed by atoms with van der Waals surface area (Å²) in [7, 11) is 0. The first-order valence-electron chi connectivity index (χ1n) is 4.93. The second kappa shape index (κ2) is 4.98. The van der Waals surface area contributed by atoms with Gasteiger partial charge in [0.2, 0.25) is 0 Å². The van der Waals surface area contributed by atoms with Gasteiger partial charge < -0.3 is 0 Å². The van der Waals surface area contributed by atoms with E-state index in [2.05, 4.69) is 15.3 Å². The van der Waals surface area contributed by atoms with Gasteiger partial charge in [0.15, 0.2) is 0 Å². The van der Waals surface area contributed by atoms with Crippen molar-refractivity contribution in [2.24, 2.45) is 0 Å². The molecule has 0 saturated carbocycles. The Morgan fingerprint density at radius 1 is 0.882 bits per heavy atom. The Hall–Kier alpha value is -2.56. The van der Waals surface area contributed by atoms with E-state index in [1.807, 2.05) is 0 Å². The molecule has 0 radical (unpaired) electrons. The fraction of sp³-hybridized carbons (Fsp3) is 0. The summed E-state index contributed by atoms with van der Waals surface area (Å²) in [5, 5.41) is 2.25. The monoisotopic (exact) mass is 227 g/mol. The highest BCUT2D eigenvalue weighted by Crippen LogP contribution is 1.98. The lowest BCUT2D eigenvalue weighted by molar-refractivity contribution is 0.0849. The molecular weight excluding hydrogens is 218 g/mol. The molecule has 0 spiro atoms. The summed E-state index contributed by atoms with van der Waals surface area (Å²) < 4.78 is 0. The van der Waals surface area contributed by atoms with E-state index in [0.29, 0.717) is 11.1 Å². The standard InChI is InChI=1S/C12H9N3O2/c16-11(9-3-1-5-13-7-9)15-12(17)10-4-2-6-14-8-10/h1-8H,(H,15,16,17). The number of imide groups is 1. The molecule has 0 bridgehead atoms. The maximum atomic E-state index is 11.6. The Labute approximate surface area is 97.5 Å². The lowest BCUT2D eigenvalue weighted by Crippen LogP contribution is -2.30. The van der Waals surface area contributed by atoms with Gasteiger partial charge in [0, 0.05) is 24.8 Å². The molecule has 2 aromatic heterocycles. The largest absolute Gasteiger partial charge is 0.288 e. The average Bonchev–Trinajstić information content (AvgIpc) is 2.40. The van der Waals surface area contributed by atoms with Crippen molar-refractivity contribution in [1.29, 1.82) is 0 Å². The summed E-state index contributed by atoms with van der Waals surface area (Å²) in [6, 6.07) is 6.42. The molecule has 0 saturated heterocycles. The van der Waals surface area contributed by atoms with Crippen molar-refractivity contribution in [3.8, 4) is 0 Å². The smallest absolute Gasteiger partial charge is 0.259 e. The van der Waals surface area contributed by atoms with Gasteiger partial charge in [-0.05, 0) is 24.3 Å². The van der Waals surface area contributed by atoms with Crippen molar-refractivity contribution in [3.63, 3.8) is 0 Å². The van der Waals surface area contributed by atoms with Gasteiger partial charge in [0.1, 0.15) is 0 Å². The summed E-state index contributed by atoms with van der Waals surface area (Å²) in [6.45, 7) is 0. The minimum atomic E-state index is -0.480. The van der Waals surface area contributed by atoms with Crippen LogP contribution in [0.4, 0.5) is 0 Å². The minimum absolute atomic E-state index is 0.338. The molecule has 0 aromatic carbocycles. The van der Waals surface area contributed by atoms with E-state index in [4.69, 9.17) is 0 Å². The van der Waals surface area contributed by atoms with E-state index in [0.717, 1.165) is 0 Å². The number of carbonyl (C=O) groups is 2. The molecule has 1 N–H and O–H groups in total. The second-order valence-electron chi connectivity index (χ2n) is 3.27. The fourth-order valence-corrected chi connectivity index (χ4v) is 1.24. The van der Waals surface area contributed by atoms with E-state index in [-0.39, 0.29) is 0 Å². The SMILES string of the molecule is O=C(NC(=O)c1cccnc1)c1cccnc1. The molecule has 2 aromatic rings. The summed E-state index contributed by atoms with van der Waals surface area (Å²) in [5.41, 5.74) is 0.675. The van der Waals surface area contributed by atoms with E-state index in [9.17, 15) is 9.59 Å². The summed E-state index contributed by atoms with van der Waals surface area (Å²) in [5.74, 6) is -0.959. The van der Waals surface area contributed by atoms with Crippen LogP contribution in [0.15, 0.2) is 49.1 Å². The third-order valence-electron chi connectivity index (χ3n) is 2.07. The zero-order valence-electron chi connectivity index (χ0n) is 8.83. The van der Waals surface area contributed by atoms with Crippen LogP contribution in [0.25, 0.3) is 0 Å². The van der Waals surface area contributed by atoms with Gasteiger partial charge in [-0.25, -0.2) is 0 Å². The maximum absolute atomic E-state index is 11.6. The lowest BCUT2D eigenvalue weighted by atomic mass is 10.2. The number of nitrogens with zero attached hydrogens (tertiary/aromatic N) is 2. The number of rotatable bonds is 2. The first kappa shape index (κ1) is 10.9. The lowest BCUT2D eigenvalue weighted by Gasteiger charge is -2.02. The maximum Gasteiger partial charge on any atom is 0.259 e. The summed E-state index contributed by atoms with van der Waals surface area (Å²) in [4.78, 5) is 30.9. The van der Waals surface area contributed by atoms with Crippen LogP contribution in [0.3, 0.4) is 0 Å². The molecule has 0 fully saturated rings. The molecule has 0 aliphatic heterocycles. The molecule has 5 heteroatoms. The number of amides is 2. The molecule has 0 aliphatic rings. The van der Waals surface area contributed by atoms with Crippen molar-refractivity contribution in [3.05, 3.63) is 60.2 Å². The second-order valence-corrected chi connectivity index (χ2v) is 3.27. The van der Waals surface area contributed by atoms with Crippen molar-refractivity contribution in [1.82, 2.24) is 15.3 Å². The molecule has 0 atom stereocenters. The van der Waals surface area contributed by atoms with Crippen LogP contribution >= 0.6 is 0 Å². The topological polar surface area (TPSA) is 72.0 Å². The zero-order valence-corrected chi connectivity index (χ0v) is 8.83. The predicted octanol–water partition coefficient (Wildman–Crippen LogP) is 1.05. The molecule has 2 heterocycles. The zero-order chi connectivity index (χ0) is 12.1. The molecule has 17 heavy (non-hydrogen) atoms. The van der Waals surface area contributed by atoms with Crippen LogP contribution in [0.5, 0.6) is 0 Å². The van der Waals surface area contributed by atoms with Crippen LogP contribution in [0, 0.1) is 0 Å². The molecule has 0 unspecified atom stereocenters. The van der Waals surface area contributed by atoms with Gasteiger partial charge >= 0.3 is 0 Å². The van der Waals surface area contributed by atoms with Gasteiger partial charge in [-0.2, -0.15) is 0 Å². The van der Waals surface area contributed by atoms with E-state index < -0.39 is 11.8 Å². The number of hydrogen-bond donors (Lipinski definition) is 1. The van der Waals surface area contributed by atoms with Gasteiger partial charge in [-0.15, -0.1) is 0 Å². The molecule has 2 amide bonds. The quantitative estimate of drug-likeness (QED) is 0.778. The first-order chi connectivity index (χ1) is 8.27. The molecule has 5 nitrogen and oxygen atoms in total. The number of pyridine rings is 2. The Kier molecular flexibility index (Phi) is 3.20. The van der Waals surface area contributed by atoms with Gasteiger partial charge in [0.25, 0.3) is 11.8 Å². The van der Waals surface area contributed by atoms with Crippen molar-refractivity contribution < 1.29 is 9.59 Å². The number of carbonyl (C=O) groups excluding carboxylic acids is 2. The van der Waals surface area contributed by atoms with E-state index >= 15 is 0 Å².